The first-order valence-corrected chi connectivity index (χ1v) is 10.2. The highest BCUT2D eigenvalue weighted by molar-refractivity contribution is 5.85. The first-order valence-electron chi connectivity index (χ1n) is 10.2. The Bertz CT molecular complexity index is 735. The SMILES string of the molecule is CCNC(=NCc1ccc(OC)c(OC(F)F)c1)NCC1(C(=O)N(C)C)CCCC1. The minimum absolute atomic E-state index is 0.0281. The molecule has 0 spiro atoms. The molecule has 0 heterocycles. The van der Waals surface area contributed by atoms with Crippen LogP contribution < -0.4 is 20.1 Å². The van der Waals surface area contributed by atoms with Gasteiger partial charge in [0, 0.05) is 27.2 Å². The van der Waals surface area contributed by atoms with Gasteiger partial charge in [-0.05, 0) is 37.5 Å². The predicted molar refractivity (Wildman–Crippen MR) is 112 cm³/mol. The summed E-state index contributed by atoms with van der Waals surface area (Å²) in [7, 11) is 4.96. The zero-order chi connectivity index (χ0) is 22.1. The van der Waals surface area contributed by atoms with Gasteiger partial charge in [-0.2, -0.15) is 8.78 Å². The number of hydrogen-bond donors (Lipinski definition) is 2. The van der Waals surface area contributed by atoms with Gasteiger partial charge < -0.3 is 25.0 Å². The zero-order valence-corrected chi connectivity index (χ0v) is 18.1. The first kappa shape index (κ1) is 23.7. The van der Waals surface area contributed by atoms with Crippen LogP contribution in [0.15, 0.2) is 23.2 Å². The first-order chi connectivity index (χ1) is 14.3. The number of ether oxygens (including phenoxy) is 2. The van der Waals surface area contributed by atoms with Crippen LogP contribution in [0.2, 0.25) is 0 Å². The molecule has 1 aromatic rings. The van der Waals surface area contributed by atoms with E-state index in [-0.39, 0.29) is 24.0 Å². The van der Waals surface area contributed by atoms with E-state index < -0.39 is 12.0 Å². The van der Waals surface area contributed by atoms with Gasteiger partial charge in [-0.1, -0.05) is 18.9 Å². The third-order valence-electron chi connectivity index (χ3n) is 5.22. The number of benzene rings is 1. The number of guanidine groups is 1. The lowest BCUT2D eigenvalue weighted by Crippen LogP contribution is -2.49. The van der Waals surface area contributed by atoms with E-state index >= 15 is 0 Å². The Morgan fingerprint density at radius 3 is 2.50 bits per heavy atom. The van der Waals surface area contributed by atoms with Crippen molar-refractivity contribution in [1.29, 1.82) is 0 Å². The molecule has 9 heteroatoms. The molecule has 7 nitrogen and oxygen atoms in total. The van der Waals surface area contributed by atoms with Gasteiger partial charge in [-0.3, -0.25) is 4.79 Å². The minimum atomic E-state index is -2.94. The highest BCUT2D eigenvalue weighted by Gasteiger charge is 2.42. The molecule has 1 fully saturated rings. The Balaban J connectivity index is 2.11. The summed E-state index contributed by atoms with van der Waals surface area (Å²) in [5.41, 5.74) is 0.279. The van der Waals surface area contributed by atoms with Crippen molar-refractivity contribution in [3.8, 4) is 11.5 Å². The number of rotatable bonds is 9. The average molecular weight is 427 g/mol. The topological polar surface area (TPSA) is 75.2 Å². The number of carbonyl (C=O) groups is 1. The molecule has 1 aromatic carbocycles. The van der Waals surface area contributed by atoms with Crippen molar-refractivity contribution in [2.45, 2.75) is 45.8 Å². The predicted octanol–water partition coefficient (Wildman–Crippen LogP) is 3.00. The fourth-order valence-electron chi connectivity index (χ4n) is 3.76. The quantitative estimate of drug-likeness (QED) is 0.469. The van der Waals surface area contributed by atoms with E-state index in [1.807, 2.05) is 6.92 Å². The molecular formula is C21H32F2N4O3. The molecule has 0 saturated heterocycles. The molecule has 1 aliphatic rings. The lowest BCUT2D eigenvalue weighted by Gasteiger charge is -2.31. The molecule has 1 aliphatic carbocycles. The van der Waals surface area contributed by atoms with Crippen molar-refractivity contribution in [3.05, 3.63) is 23.8 Å². The molecule has 0 atom stereocenters. The lowest BCUT2D eigenvalue weighted by molar-refractivity contribution is -0.138. The standard InChI is InChI=1S/C21H32F2N4O3/c1-5-24-20(26-14-21(10-6-7-11-21)18(28)27(2)3)25-13-15-8-9-16(29-4)17(12-15)30-19(22)23/h8-9,12,19H,5-7,10-11,13-14H2,1-4H3,(H2,24,25,26). The highest BCUT2D eigenvalue weighted by atomic mass is 19.3. The lowest BCUT2D eigenvalue weighted by atomic mass is 9.84. The van der Waals surface area contributed by atoms with Gasteiger partial charge in [0.25, 0.3) is 0 Å². The van der Waals surface area contributed by atoms with Crippen molar-refractivity contribution >= 4 is 11.9 Å². The largest absolute Gasteiger partial charge is 0.493 e. The molecule has 0 unspecified atom stereocenters. The summed E-state index contributed by atoms with van der Waals surface area (Å²) < 4.78 is 34.9. The Labute approximate surface area is 176 Å². The molecular weight excluding hydrogens is 394 g/mol. The van der Waals surface area contributed by atoms with Crippen LogP contribution >= 0.6 is 0 Å². The summed E-state index contributed by atoms with van der Waals surface area (Å²) in [6, 6.07) is 4.82. The second-order valence-electron chi connectivity index (χ2n) is 7.60. The molecule has 1 amide bonds. The second kappa shape index (κ2) is 11.0. The molecule has 2 rings (SSSR count). The summed E-state index contributed by atoms with van der Waals surface area (Å²) in [5.74, 6) is 0.910. The van der Waals surface area contributed by atoms with Crippen LogP contribution in [0.25, 0.3) is 0 Å². The number of hydrogen-bond acceptors (Lipinski definition) is 4. The number of nitrogens with zero attached hydrogens (tertiary/aromatic N) is 2. The summed E-state index contributed by atoms with van der Waals surface area (Å²) in [4.78, 5) is 18.9. The average Bonchev–Trinajstić information content (AvgIpc) is 3.19. The number of alkyl halides is 2. The second-order valence-corrected chi connectivity index (χ2v) is 7.60. The number of halogens is 2. The van der Waals surface area contributed by atoms with Crippen molar-refractivity contribution in [2.24, 2.45) is 10.4 Å². The Morgan fingerprint density at radius 1 is 1.23 bits per heavy atom. The van der Waals surface area contributed by atoms with Gasteiger partial charge in [0.05, 0.1) is 19.1 Å². The third-order valence-corrected chi connectivity index (χ3v) is 5.22. The van der Waals surface area contributed by atoms with Gasteiger partial charge in [-0.25, -0.2) is 4.99 Å². The van der Waals surface area contributed by atoms with E-state index in [0.717, 1.165) is 25.7 Å². The number of methoxy groups -OCH3 is 1. The summed E-state index contributed by atoms with van der Waals surface area (Å²) in [5, 5.41) is 6.46. The molecule has 0 bridgehead atoms. The third kappa shape index (κ3) is 6.21. The molecule has 2 N–H and O–H groups in total. The van der Waals surface area contributed by atoms with E-state index in [2.05, 4.69) is 20.4 Å². The van der Waals surface area contributed by atoms with Crippen LogP contribution in [-0.4, -0.2) is 57.7 Å². The van der Waals surface area contributed by atoms with Crippen LogP contribution in [0.1, 0.15) is 38.2 Å². The van der Waals surface area contributed by atoms with E-state index in [9.17, 15) is 13.6 Å². The van der Waals surface area contributed by atoms with Crippen LogP contribution in [0, 0.1) is 5.41 Å². The zero-order valence-electron chi connectivity index (χ0n) is 18.1. The van der Waals surface area contributed by atoms with Crippen LogP contribution in [0.4, 0.5) is 8.78 Å². The Kier molecular flexibility index (Phi) is 8.68. The highest BCUT2D eigenvalue weighted by Crippen LogP contribution is 2.39. The van der Waals surface area contributed by atoms with Gasteiger partial charge in [0.2, 0.25) is 5.91 Å². The van der Waals surface area contributed by atoms with E-state index in [1.165, 1.54) is 13.2 Å². The van der Waals surface area contributed by atoms with Crippen LogP contribution in [0.5, 0.6) is 11.5 Å². The fourth-order valence-corrected chi connectivity index (χ4v) is 3.76. The number of carbonyl (C=O) groups excluding carboxylic acids is 1. The van der Waals surface area contributed by atoms with Crippen molar-refractivity contribution in [1.82, 2.24) is 15.5 Å². The monoisotopic (exact) mass is 426 g/mol. The molecule has 0 aromatic heterocycles. The van der Waals surface area contributed by atoms with Crippen molar-refractivity contribution in [3.63, 3.8) is 0 Å². The van der Waals surface area contributed by atoms with Crippen molar-refractivity contribution < 1.29 is 23.0 Å². The summed E-state index contributed by atoms with van der Waals surface area (Å²) in [6.45, 7) is 0.429. The summed E-state index contributed by atoms with van der Waals surface area (Å²) in [6.07, 6.45) is 3.77. The molecule has 168 valence electrons. The fraction of sp³-hybridized carbons (Fsp3) is 0.619. The van der Waals surface area contributed by atoms with Gasteiger partial charge in [0.1, 0.15) is 0 Å². The maximum Gasteiger partial charge on any atom is 0.387 e. The van der Waals surface area contributed by atoms with E-state index in [4.69, 9.17) is 4.74 Å². The number of amides is 1. The van der Waals surface area contributed by atoms with Crippen molar-refractivity contribution in [2.75, 3.05) is 34.3 Å². The molecule has 0 radical (unpaired) electrons. The number of nitrogens with one attached hydrogen (secondary N) is 2. The van der Waals surface area contributed by atoms with Gasteiger partial charge in [-0.15, -0.1) is 0 Å². The maximum atomic E-state index is 12.7. The minimum Gasteiger partial charge on any atom is -0.493 e. The molecule has 30 heavy (non-hydrogen) atoms. The smallest absolute Gasteiger partial charge is 0.387 e. The number of aliphatic imine (C=N–C) groups is 1. The summed E-state index contributed by atoms with van der Waals surface area (Å²) >= 11 is 0. The normalized spacial score (nSPS) is 15.8. The maximum absolute atomic E-state index is 12.7. The van der Waals surface area contributed by atoms with E-state index in [0.29, 0.717) is 24.6 Å². The molecule has 0 aliphatic heterocycles. The van der Waals surface area contributed by atoms with Gasteiger partial charge >= 0.3 is 6.61 Å². The Hall–Kier alpha value is -2.58. The molecule has 1 saturated carbocycles. The van der Waals surface area contributed by atoms with Crippen LogP contribution in [0.3, 0.4) is 0 Å². The van der Waals surface area contributed by atoms with Crippen LogP contribution in [-0.2, 0) is 11.3 Å². The van der Waals surface area contributed by atoms with E-state index in [1.54, 1.807) is 31.1 Å². The Morgan fingerprint density at radius 2 is 1.93 bits per heavy atom. The van der Waals surface area contributed by atoms with Gasteiger partial charge in [0.15, 0.2) is 17.5 Å².